The van der Waals surface area contributed by atoms with Crippen LogP contribution in [0.2, 0.25) is 0 Å². The van der Waals surface area contributed by atoms with E-state index in [1.165, 1.54) is 0 Å². The Balaban J connectivity index is 1.52. The van der Waals surface area contributed by atoms with E-state index in [2.05, 4.69) is 38.7 Å². The number of nitrogens with zero attached hydrogens (tertiary/aromatic N) is 3. The summed E-state index contributed by atoms with van der Waals surface area (Å²) in [7, 11) is 1.67. The Morgan fingerprint density at radius 2 is 1.77 bits per heavy atom. The molecule has 31 heavy (non-hydrogen) atoms. The largest absolute Gasteiger partial charge is 0.497 e. The lowest BCUT2D eigenvalue weighted by Crippen LogP contribution is -2.25. The molecule has 0 bridgehead atoms. The summed E-state index contributed by atoms with van der Waals surface area (Å²) in [6.45, 7) is 1.31. The summed E-state index contributed by atoms with van der Waals surface area (Å²) in [6, 6.07) is 24.1. The number of methoxy groups -OCH3 is 1. The normalized spacial score (nSPS) is 16.3. The average molecular weight is 476 g/mol. The van der Waals surface area contributed by atoms with Gasteiger partial charge in [0.1, 0.15) is 11.6 Å². The highest BCUT2D eigenvalue weighted by atomic mass is 79.9. The van der Waals surface area contributed by atoms with Gasteiger partial charge in [0, 0.05) is 29.9 Å². The SMILES string of the molecule is COc1ccc(Cn2c(C3CC(=O)N(c4ccccc4Br)C3)nc3ccccc32)cc1. The van der Waals surface area contributed by atoms with Crippen LogP contribution in [-0.4, -0.2) is 29.1 Å². The highest BCUT2D eigenvalue weighted by molar-refractivity contribution is 9.10. The van der Waals surface area contributed by atoms with Crippen LogP contribution in [0.1, 0.15) is 23.7 Å². The average Bonchev–Trinajstić information content (AvgIpc) is 3.35. The van der Waals surface area contributed by atoms with Crippen LogP contribution < -0.4 is 9.64 Å². The van der Waals surface area contributed by atoms with Crippen LogP contribution in [-0.2, 0) is 11.3 Å². The monoisotopic (exact) mass is 475 g/mol. The molecule has 156 valence electrons. The number of anilines is 1. The Morgan fingerprint density at radius 1 is 1.03 bits per heavy atom. The molecule has 1 aromatic heterocycles. The summed E-state index contributed by atoms with van der Waals surface area (Å²) in [5.74, 6) is 1.95. The van der Waals surface area contributed by atoms with Gasteiger partial charge in [-0.05, 0) is 57.9 Å². The third-order valence-electron chi connectivity index (χ3n) is 5.82. The summed E-state index contributed by atoms with van der Waals surface area (Å²) in [5, 5.41) is 0. The molecule has 4 aromatic rings. The van der Waals surface area contributed by atoms with Crippen molar-refractivity contribution >= 4 is 38.6 Å². The van der Waals surface area contributed by atoms with Gasteiger partial charge in [-0.2, -0.15) is 0 Å². The van der Waals surface area contributed by atoms with Crippen LogP contribution in [0, 0.1) is 0 Å². The summed E-state index contributed by atoms with van der Waals surface area (Å²) < 4.78 is 8.46. The van der Waals surface area contributed by atoms with Gasteiger partial charge in [-0.1, -0.05) is 36.4 Å². The fourth-order valence-corrected chi connectivity index (χ4v) is 4.77. The molecule has 1 aliphatic rings. The Labute approximate surface area is 189 Å². The van der Waals surface area contributed by atoms with Gasteiger partial charge in [-0.3, -0.25) is 4.79 Å². The molecule has 1 saturated heterocycles. The molecule has 0 N–H and O–H groups in total. The molecule has 3 aromatic carbocycles. The molecule has 0 spiro atoms. The number of rotatable bonds is 5. The van der Waals surface area contributed by atoms with Gasteiger partial charge in [0.05, 0.1) is 23.8 Å². The third kappa shape index (κ3) is 3.72. The smallest absolute Gasteiger partial charge is 0.227 e. The topological polar surface area (TPSA) is 47.4 Å². The number of para-hydroxylation sites is 3. The lowest BCUT2D eigenvalue weighted by molar-refractivity contribution is -0.117. The van der Waals surface area contributed by atoms with Gasteiger partial charge < -0.3 is 14.2 Å². The van der Waals surface area contributed by atoms with E-state index in [-0.39, 0.29) is 11.8 Å². The molecule has 5 rings (SSSR count). The Bertz CT molecular complexity index is 1250. The van der Waals surface area contributed by atoms with Crippen LogP contribution in [0.25, 0.3) is 11.0 Å². The second-order valence-electron chi connectivity index (χ2n) is 7.75. The molecule has 5 nitrogen and oxygen atoms in total. The molecule has 1 fully saturated rings. The summed E-state index contributed by atoms with van der Waals surface area (Å²) >= 11 is 3.58. The zero-order valence-corrected chi connectivity index (χ0v) is 18.7. The van der Waals surface area contributed by atoms with Gasteiger partial charge in [-0.15, -0.1) is 0 Å². The van der Waals surface area contributed by atoms with Crippen molar-refractivity contribution in [2.45, 2.75) is 18.9 Å². The molecule has 1 amide bonds. The first-order valence-electron chi connectivity index (χ1n) is 10.3. The first kappa shape index (κ1) is 19.8. The third-order valence-corrected chi connectivity index (χ3v) is 6.49. The van der Waals surface area contributed by atoms with Crippen molar-refractivity contribution in [3.05, 3.63) is 88.7 Å². The summed E-state index contributed by atoms with van der Waals surface area (Å²) in [6.07, 6.45) is 0.452. The van der Waals surface area contributed by atoms with Gasteiger partial charge in [0.25, 0.3) is 0 Å². The Hall–Kier alpha value is -3.12. The van der Waals surface area contributed by atoms with E-state index in [1.54, 1.807) is 7.11 Å². The highest BCUT2D eigenvalue weighted by Crippen LogP contribution is 2.36. The maximum absolute atomic E-state index is 12.9. The van der Waals surface area contributed by atoms with Crippen molar-refractivity contribution in [2.24, 2.45) is 0 Å². The van der Waals surface area contributed by atoms with E-state index >= 15 is 0 Å². The molecular formula is C25H22BrN3O2. The number of imidazole rings is 1. The number of aromatic nitrogens is 2. The lowest BCUT2D eigenvalue weighted by atomic mass is 10.1. The van der Waals surface area contributed by atoms with Crippen LogP contribution in [0.15, 0.2) is 77.3 Å². The lowest BCUT2D eigenvalue weighted by Gasteiger charge is -2.19. The number of hydrogen-bond acceptors (Lipinski definition) is 3. The predicted octanol–water partition coefficient (Wildman–Crippen LogP) is 5.38. The number of halogens is 1. The predicted molar refractivity (Wildman–Crippen MR) is 126 cm³/mol. The van der Waals surface area contributed by atoms with Crippen LogP contribution in [0.3, 0.4) is 0 Å². The minimum absolute atomic E-state index is 0.0326. The van der Waals surface area contributed by atoms with E-state index in [0.29, 0.717) is 19.5 Å². The second-order valence-corrected chi connectivity index (χ2v) is 8.60. The highest BCUT2D eigenvalue weighted by Gasteiger charge is 2.35. The van der Waals surface area contributed by atoms with Crippen molar-refractivity contribution in [3.8, 4) is 5.75 Å². The van der Waals surface area contributed by atoms with Crippen LogP contribution in [0.5, 0.6) is 5.75 Å². The number of amides is 1. The summed E-state index contributed by atoms with van der Waals surface area (Å²) in [5.41, 5.74) is 4.11. The zero-order valence-electron chi connectivity index (χ0n) is 17.2. The number of fused-ring (bicyclic) bond motifs is 1. The number of ether oxygens (including phenoxy) is 1. The minimum atomic E-state index is 0.0326. The molecule has 0 saturated carbocycles. The number of carbonyl (C=O) groups excluding carboxylic acids is 1. The zero-order chi connectivity index (χ0) is 21.4. The van der Waals surface area contributed by atoms with Crippen LogP contribution in [0.4, 0.5) is 5.69 Å². The Morgan fingerprint density at radius 3 is 2.55 bits per heavy atom. The number of carbonyl (C=O) groups is 1. The minimum Gasteiger partial charge on any atom is -0.497 e. The van der Waals surface area contributed by atoms with E-state index in [0.717, 1.165) is 38.3 Å². The molecule has 1 aliphatic heterocycles. The first-order chi connectivity index (χ1) is 15.1. The molecule has 0 radical (unpaired) electrons. The maximum Gasteiger partial charge on any atom is 0.227 e. The van der Waals surface area contributed by atoms with E-state index in [4.69, 9.17) is 9.72 Å². The van der Waals surface area contributed by atoms with Crippen molar-refractivity contribution in [1.29, 1.82) is 0 Å². The van der Waals surface area contributed by atoms with Crippen LogP contribution >= 0.6 is 15.9 Å². The Kier molecular flexibility index (Phi) is 5.24. The van der Waals surface area contributed by atoms with E-state index < -0.39 is 0 Å². The van der Waals surface area contributed by atoms with Gasteiger partial charge in [0.2, 0.25) is 5.91 Å². The van der Waals surface area contributed by atoms with E-state index in [9.17, 15) is 4.79 Å². The van der Waals surface area contributed by atoms with Crippen molar-refractivity contribution in [1.82, 2.24) is 9.55 Å². The fourth-order valence-electron chi connectivity index (χ4n) is 4.27. The second kappa shape index (κ2) is 8.19. The van der Waals surface area contributed by atoms with Gasteiger partial charge >= 0.3 is 0 Å². The standard InChI is InChI=1S/C25H22BrN3O2/c1-31-19-12-10-17(11-13-19)15-29-23-9-5-3-7-21(23)27-25(29)18-14-24(30)28(16-18)22-8-4-2-6-20(22)26/h2-13,18H,14-16H2,1H3. The molecule has 1 atom stereocenters. The molecule has 2 heterocycles. The van der Waals surface area contributed by atoms with Crippen molar-refractivity contribution in [2.75, 3.05) is 18.6 Å². The first-order valence-corrected chi connectivity index (χ1v) is 11.1. The number of benzene rings is 3. The van der Waals surface area contributed by atoms with E-state index in [1.807, 2.05) is 59.5 Å². The number of hydrogen-bond donors (Lipinski definition) is 0. The van der Waals surface area contributed by atoms with Crippen molar-refractivity contribution < 1.29 is 9.53 Å². The maximum atomic E-state index is 12.9. The molecular weight excluding hydrogens is 454 g/mol. The quantitative estimate of drug-likeness (QED) is 0.389. The fraction of sp³-hybridized carbons (Fsp3) is 0.200. The summed E-state index contributed by atoms with van der Waals surface area (Å²) in [4.78, 5) is 19.7. The molecule has 0 aliphatic carbocycles. The molecule has 6 heteroatoms. The van der Waals surface area contributed by atoms with Gasteiger partial charge in [0.15, 0.2) is 0 Å². The van der Waals surface area contributed by atoms with Crippen molar-refractivity contribution in [3.63, 3.8) is 0 Å². The van der Waals surface area contributed by atoms with Gasteiger partial charge in [-0.25, -0.2) is 4.98 Å². The molecule has 1 unspecified atom stereocenters.